The molecule has 6 heteroatoms. The molecule has 0 saturated heterocycles. The first kappa shape index (κ1) is 26.3. The second kappa shape index (κ2) is 13.0. The number of hydrogen-bond donors (Lipinski definition) is 1. The van der Waals surface area contributed by atoms with E-state index in [1.54, 1.807) is 23.1 Å². The molecule has 0 aliphatic carbocycles. The summed E-state index contributed by atoms with van der Waals surface area (Å²) < 4.78 is 5.83. The first-order chi connectivity index (χ1) is 16.9. The van der Waals surface area contributed by atoms with E-state index in [9.17, 15) is 9.59 Å². The quantitative estimate of drug-likeness (QED) is 0.384. The van der Waals surface area contributed by atoms with Crippen LogP contribution < -0.4 is 10.1 Å². The van der Waals surface area contributed by atoms with E-state index in [0.717, 1.165) is 28.7 Å². The number of halogens is 1. The number of amides is 2. The van der Waals surface area contributed by atoms with Crippen LogP contribution in [0.25, 0.3) is 0 Å². The van der Waals surface area contributed by atoms with Crippen LogP contribution in [0.2, 0.25) is 5.02 Å². The van der Waals surface area contributed by atoms with Gasteiger partial charge in [-0.15, -0.1) is 0 Å². The zero-order valence-electron chi connectivity index (χ0n) is 20.6. The van der Waals surface area contributed by atoms with Crippen molar-refractivity contribution in [1.82, 2.24) is 10.2 Å². The van der Waals surface area contributed by atoms with Crippen LogP contribution in [0.4, 0.5) is 0 Å². The molecule has 0 radical (unpaired) electrons. The molecule has 3 rings (SSSR count). The molecule has 0 aromatic heterocycles. The Morgan fingerprint density at radius 2 is 1.71 bits per heavy atom. The molecule has 0 fully saturated rings. The van der Waals surface area contributed by atoms with Crippen molar-refractivity contribution in [2.24, 2.45) is 0 Å². The summed E-state index contributed by atoms with van der Waals surface area (Å²) in [5, 5.41) is 3.62. The van der Waals surface area contributed by atoms with Crippen LogP contribution in [0, 0.1) is 13.8 Å². The molecular weight excluding hydrogens is 460 g/mol. The van der Waals surface area contributed by atoms with Crippen molar-refractivity contribution in [3.63, 3.8) is 0 Å². The second-order valence-corrected chi connectivity index (χ2v) is 9.11. The summed E-state index contributed by atoms with van der Waals surface area (Å²) in [5.41, 5.74) is 3.91. The van der Waals surface area contributed by atoms with Gasteiger partial charge in [0.1, 0.15) is 11.8 Å². The standard InChI is InChI=1S/C29H33ClN2O3/c1-4-15-31-29(34)27(18-23-10-6-5-7-11-23)32(19-24-12-8-9-21(2)16-24)28(33)20-35-25-13-14-26(30)22(3)17-25/h5-14,16-17,27H,4,15,18-20H2,1-3H3,(H,31,34). The summed E-state index contributed by atoms with van der Waals surface area (Å²) >= 11 is 6.12. The highest BCUT2D eigenvalue weighted by Crippen LogP contribution is 2.22. The molecule has 5 nitrogen and oxygen atoms in total. The van der Waals surface area contributed by atoms with Crippen LogP contribution >= 0.6 is 11.6 Å². The van der Waals surface area contributed by atoms with E-state index in [-0.39, 0.29) is 18.4 Å². The van der Waals surface area contributed by atoms with Gasteiger partial charge in [0.2, 0.25) is 5.91 Å². The van der Waals surface area contributed by atoms with Gasteiger partial charge in [0.15, 0.2) is 6.61 Å². The van der Waals surface area contributed by atoms with Crippen LogP contribution in [0.1, 0.15) is 35.6 Å². The van der Waals surface area contributed by atoms with E-state index in [1.807, 2.05) is 75.4 Å². The molecule has 0 spiro atoms. The summed E-state index contributed by atoms with van der Waals surface area (Å²) in [5.74, 6) is 0.136. The molecule has 0 heterocycles. The van der Waals surface area contributed by atoms with Crippen LogP contribution in [0.15, 0.2) is 72.8 Å². The van der Waals surface area contributed by atoms with Gasteiger partial charge in [0.25, 0.3) is 5.91 Å². The van der Waals surface area contributed by atoms with Gasteiger partial charge in [-0.1, -0.05) is 78.7 Å². The predicted octanol–water partition coefficient (Wildman–Crippen LogP) is 5.50. The van der Waals surface area contributed by atoms with Gasteiger partial charge in [0.05, 0.1) is 0 Å². The highest BCUT2D eigenvalue weighted by molar-refractivity contribution is 6.31. The van der Waals surface area contributed by atoms with Crippen molar-refractivity contribution in [3.8, 4) is 5.75 Å². The number of rotatable bonds is 11. The summed E-state index contributed by atoms with van der Waals surface area (Å²) in [6.07, 6.45) is 1.22. The van der Waals surface area contributed by atoms with Gasteiger partial charge >= 0.3 is 0 Å². The van der Waals surface area contributed by atoms with Crippen molar-refractivity contribution >= 4 is 23.4 Å². The molecule has 0 aliphatic rings. The molecule has 35 heavy (non-hydrogen) atoms. The fraction of sp³-hybridized carbons (Fsp3) is 0.310. The van der Waals surface area contributed by atoms with E-state index in [2.05, 4.69) is 5.32 Å². The predicted molar refractivity (Wildman–Crippen MR) is 141 cm³/mol. The summed E-state index contributed by atoms with van der Waals surface area (Å²) in [7, 11) is 0. The number of carbonyl (C=O) groups excluding carboxylic acids is 2. The fourth-order valence-corrected chi connectivity index (χ4v) is 3.98. The third-order valence-electron chi connectivity index (χ3n) is 5.75. The molecule has 184 valence electrons. The summed E-state index contributed by atoms with van der Waals surface area (Å²) in [6, 6.07) is 22.4. The molecule has 1 N–H and O–H groups in total. The maximum atomic E-state index is 13.6. The maximum Gasteiger partial charge on any atom is 0.261 e. The van der Waals surface area contributed by atoms with Crippen LogP contribution in [0.3, 0.4) is 0 Å². The van der Waals surface area contributed by atoms with Gasteiger partial charge in [-0.05, 0) is 55.2 Å². The Balaban J connectivity index is 1.89. The highest BCUT2D eigenvalue weighted by atomic mass is 35.5. The molecule has 0 bridgehead atoms. The molecule has 2 amide bonds. The Kier molecular flexibility index (Phi) is 9.74. The van der Waals surface area contributed by atoms with Gasteiger partial charge in [-0.25, -0.2) is 0 Å². The first-order valence-electron chi connectivity index (χ1n) is 11.9. The number of aryl methyl sites for hydroxylation is 2. The van der Waals surface area contributed by atoms with Gasteiger partial charge < -0.3 is 15.0 Å². The minimum Gasteiger partial charge on any atom is -0.484 e. The average molecular weight is 493 g/mol. The Labute approximate surface area is 213 Å². The highest BCUT2D eigenvalue weighted by Gasteiger charge is 2.30. The van der Waals surface area contributed by atoms with Crippen molar-refractivity contribution in [1.29, 1.82) is 0 Å². The van der Waals surface area contributed by atoms with Crippen molar-refractivity contribution in [2.75, 3.05) is 13.2 Å². The van der Waals surface area contributed by atoms with E-state index in [4.69, 9.17) is 16.3 Å². The first-order valence-corrected chi connectivity index (χ1v) is 12.3. The summed E-state index contributed by atoms with van der Waals surface area (Å²) in [6.45, 7) is 6.58. The molecule has 1 unspecified atom stereocenters. The number of nitrogens with one attached hydrogen (secondary N) is 1. The van der Waals surface area contributed by atoms with E-state index >= 15 is 0 Å². The normalized spacial score (nSPS) is 11.5. The zero-order valence-corrected chi connectivity index (χ0v) is 21.3. The summed E-state index contributed by atoms with van der Waals surface area (Å²) in [4.78, 5) is 28.5. The lowest BCUT2D eigenvalue weighted by molar-refractivity contribution is -0.142. The van der Waals surface area contributed by atoms with Crippen molar-refractivity contribution < 1.29 is 14.3 Å². The third-order valence-corrected chi connectivity index (χ3v) is 6.17. The average Bonchev–Trinajstić information content (AvgIpc) is 2.86. The molecule has 3 aromatic rings. The lowest BCUT2D eigenvalue weighted by atomic mass is 10.0. The topological polar surface area (TPSA) is 58.6 Å². The number of ether oxygens (including phenoxy) is 1. The van der Waals surface area contributed by atoms with E-state index in [0.29, 0.717) is 30.3 Å². The number of hydrogen-bond acceptors (Lipinski definition) is 3. The molecule has 0 aliphatic heterocycles. The maximum absolute atomic E-state index is 13.6. The lowest BCUT2D eigenvalue weighted by Crippen LogP contribution is -2.51. The lowest BCUT2D eigenvalue weighted by Gasteiger charge is -2.31. The van der Waals surface area contributed by atoms with E-state index < -0.39 is 6.04 Å². The largest absolute Gasteiger partial charge is 0.484 e. The van der Waals surface area contributed by atoms with Crippen molar-refractivity contribution in [2.45, 2.75) is 46.2 Å². The molecule has 1 atom stereocenters. The van der Waals surface area contributed by atoms with Crippen LogP contribution in [-0.2, 0) is 22.6 Å². The SMILES string of the molecule is CCCNC(=O)C(Cc1ccccc1)N(Cc1cccc(C)c1)C(=O)COc1ccc(Cl)c(C)c1. The van der Waals surface area contributed by atoms with Gasteiger partial charge in [0, 0.05) is 24.5 Å². The monoisotopic (exact) mass is 492 g/mol. The number of nitrogens with zero attached hydrogens (tertiary/aromatic N) is 1. The molecule has 3 aromatic carbocycles. The minimum atomic E-state index is -0.674. The van der Waals surface area contributed by atoms with Crippen molar-refractivity contribution in [3.05, 3.63) is 100 Å². The smallest absolute Gasteiger partial charge is 0.261 e. The van der Waals surface area contributed by atoms with E-state index in [1.165, 1.54) is 0 Å². The van der Waals surface area contributed by atoms with Gasteiger partial charge in [-0.2, -0.15) is 0 Å². The second-order valence-electron chi connectivity index (χ2n) is 8.71. The Morgan fingerprint density at radius 3 is 2.40 bits per heavy atom. The minimum absolute atomic E-state index is 0.168. The van der Waals surface area contributed by atoms with Crippen LogP contribution in [0.5, 0.6) is 5.75 Å². The Hall–Kier alpha value is -3.31. The third kappa shape index (κ3) is 7.86. The molecule has 0 saturated carbocycles. The number of benzene rings is 3. The Morgan fingerprint density at radius 1 is 0.971 bits per heavy atom. The fourth-order valence-electron chi connectivity index (χ4n) is 3.86. The van der Waals surface area contributed by atoms with Crippen LogP contribution in [-0.4, -0.2) is 35.9 Å². The van der Waals surface area contributed by atoms with Gasteiger partial charge in [-0.3, -0.25) is 9.59 Å². The Bertz CT molecular complexity index is 1130. The number of carbonyl (C=O) groups is 2. The zero-order chi connectivity index (χ0) is 25.2. The molecular formula is C29H33ClN2O3.